The summed E-state index contributed by atoms with van der Waals surface area (Å²) in [6.07, 6.45) is 3.27. The molecule has 0 aliphatic rings. The normalized spacial score (nSPS) is 12.4. The Bertz CT molecular complexity index is 799. The third-order valence-electron chi connectivity index (χ3n) is 3.62. The van der Waals surface area contributed by atoms with Crippen molar-refractivity contribution < 1.29 is 8.42 Å². The second kappa shape index (κ2) is 10.7. The number of guanidine groups is 2. The van der Waals surface area contributed by atoms with Gasteiger partial charge in [-0.25, -0.2) is 13.4 Å². The highest BCUT2D eigenvalue weighted by Crippen LogP contribution is 2.35. The van der Waals surface area contributed by atoms with Crippen molar-refractivity contribution in [1.29, 1.82) is 0 Å². The van der Waals surface area contributed by atoms with Gasteiger partial charge in [0.1, 0.15) is 4.90 Å². The molecule has 8 nitrogen and oxygen atoms in total. The first-order valence-electron chi connectivity index (χ1n) is 8.56. The van der Waals surface area contributed by atoms with Gasteiger partial charge in [0.25, 0.3) is 0 Å². The summed E-state index contributed by atoms with van der Waals surface area (Å²) >= 11 is 12.4. The van der Waals surface area contributed by atoms with Gasteiger partial charge in [0.2, 0.25) is 16.0 Å². The van der Waals surface area contributed by atoms with Gasteiger partial charge in [-0.15, -0.1) is 0 Å². The lowest BCUT2D eigenvalue weighted by atomic mass is 10.3. The van der Waals surface area contributed by atoms with Crippen molar-refractivity contribution in [3.63, 3.8) is 0 Å². The van der Waals surface area contributed by atoms with Crippen LogP contribution in [0.2, 0.25) is 10.0 Å². The molecule has 27 heavy (non-hydrogen) atoms. The van der Waals surface area contributed by atoms with Crippen LogP contribution in [-0.4, -0.2) is 37.7 Å². The fourth-order valence-electron chi connectivity index (χ4n) is 2.24. The van der Waals surface area contributed by atoms with Gasteiger partial charge < -0.3 is 17.2 Å². The Morgan fingerprint density at radius 3 is 2.07 bits per heavy atom. The first-order valence-corrected chi connectivity index (χ1v) is 10.8. The highest BCUT2D eigenvalue weighted by atomic mass is 35.5. The van der Waals surface area contributed by atoms with Crippen molar-refractivity contribution >= 4 is 50.8 Å². The summed E-state index contributed by atoms with van der Waals surface area (Å²) < 4.78 is 27.6. The van der Waals surface area contributed by atoms with Crippen molar-refractivity contribution in [3.8, 4) is 0 Å². The van der Waals surface area contributed by atoms with Gasteiger partial charge in [0.15, 0.2) is 5.96 Å². The predicted molar refractivity (Wildman–Crippen MR) is 112 cm³/mol. The SMILES string of the molecule is CCCCN(CCCC)S(=O)(=O)c1cc(Cl)c(N=C(N)N=C(N)N)cc1Cl. The van der Waals surface area contributed by atoms with Crippen LogP contribution in [0.15, 0.2) is 27.0 Å². The second-order valence-corrected chi connectivity index (χ2v) is 8.57. The molecule has 0 fully saturated rings. The number of nitrogens with two attached hydrogens (primary N) is 3. The fourth-order valence-corrected chi connectivity index (χ4v) is 4.55. The Balaban J connectivity index is 3.32. The monoisotopic (exact) mass is 436 g/mol. The van der Waals surface area contributed by atoms with E-state index in [0.717, 1.165) is 25.7 Å². The van der Waals surface area contributed by atoms with Gasteiger partial charge in [-0.2, -0.15) is 9.30 Å². The highest BCUT2D eigenvalue weighted by molar-refractivity contribution is 7.89. The van der Waals surface area contributed by atoms with Crippen LogP contribution in [-0.2, 0) is 10.0 Å². The average Bonchev–Trinajstić information content (AvgIpc) is 2.56. The maximum Gasteiger partial charge on any atom is 0.244 e. The molecule has 6 N–H and O–H groups in total. The molecule has 0 bridgehead atoms. The van der Waals surface area contributed by atoms with Gasteiger partial charge in [-0.3, -0.25) is 0 Å². The molecule has 0 saturated heterocycles. The summed E-state index contributed by atoms with van der Waals surface area (Å²) in [5.74, 6) is -0.490. The number of nitrogens with zero attached hydrogens (tertiary/aromatic N) is 3. The van der Waals surface area contributed by atoms with E-state index in [1.54, 1.807) is 0 Å². The third-order valence-corrected chi connectivity index (χ3v) is 6.29. The Labute approximate surface area is 170 Å². The van der Waals surface area contributed by atoms with E-state index >= 15 is 0 Å². The summed E-state index contributed by atoms with van der Waals surface area (Å²) in [6.45, 7) is 4.85. The molecule has 0 heterocycles. The van der Waals surface area contributed by atoms with E-state index < -0.39 is 10.0 Å². The van der Waals surface area contributed by atoms with Crippen LogP contribution in [0.3, 0.4) is 0 Å². The lowest BCUT2D eigenvalue weighted by molar-refractivity contribution is 0.395. The Morgan fingerprint density at radius 1 is 1.04 bits per heavy atom. The van der Waals surface area contributed by atoms with E-state index in [1.165, 1.54) is 16.4 Å². The van der Waals surface area contributed by atoms with Gasteiger partial charge in [0.05, 0.1) is 15.7 Å². The maximum absolute atomic E-state index is 13.1. The van der Waals surface area contributed by atoms with E-state index in [9.17, 15) is 8.42 Å². The van der Waals surface area contributed by atoms with Crippen LogP contribution in [0, 0.1) is 0 Å². The van der Waals surface area contributed by atoms with Crippen LogP contribution in [0.25, 0.3) is 0 Å². The number of sulfonamides is 1. The maximum atomic E-state index is 13.1. The molecule has 0 saturated carbocycles. The molecular formula is C16H26Cl2N6O2S. The van der Waals surface area contributed by atoms with Crippen molar-refractivity contribution in [2.45, 2.75) is 44.4 Å². The smallest absolute Gasteiger partial charge is 0.244 e. The van der Waals surface area contributed by atoms with Gasteiger partial charge in [0, 0.05) is 13.1 Å². The summed E-state index contributed by atoms with van der Waals surface area (Å²) in [6, 6.07) is 2.59. The topological polar surface area (TPSA) is 140 Å². The number of rotatable bonds is 9. The number of unbranched alkanes of at least 4 members (excludes halogenated alkanes) is 2. The van der Waals surface area contributed by atoms with Crippen LogP contribution >= 0.6 is 23.2 Å². The highest BCUT2D eigenvalue weighted by Gasteiger charge is 2.27. The number of hydrogen-bond donors (Lipinski definition) is 3. The zero-order valence-corrected chi connectivity index (χ0v) is 17.8. The molecule has 11 heteroatoms. The first-order chi connectivity index (χ1) is 12.6. The lowest BCUT2D eigenvalue weighted by Crippen LogP contribution is -2.33. The molecule has 152 valence electrons. The summed E-state index contributed by atoms with van der Waals surface area (Å²) in [7, 11) is -3.79. The summed E-state index contributed by atoms with van der Waals surface area (Å²) in [5, 5.41) is 0.0614. The van der Waals surface area contributed by atoms with E-state index in [2.05, 4.69) is 9.98 Å². The summed E-state index contributed by atoms with van der Waals surface area (Å²) in [5.41, 5.74) is 16.2. The van der Waals surface area contributed by atoms with Crippen molar-refractivity contribution in [3.05, 3.63) is 22.2 Å². The minimum atomic E-state index is -3.79. The summed E-state index contributed by atoms with van der Waals surface area (Å²) in [4.78, 5) is 7.46. The zero-order valence-electron chi connectivity index (χ0n) is 15.5. The van der Waals surface area contributed by atoms with Crippen LogP contribution in [0.4, 0.5) is 5.69 Å². The van der Waals surface area contributed by atoms with E-state index in [0.29, 0.717) is 13.1 Å². The number of aliphatic imine (C=N–C) groups is 2. The Hall–Kier alpha value is -1.55. The minimum absolute atomic E-state index is 0.00588. The Morgan fingerprint density at radius 2 is 1.59 bits per heavy atom. The first kappa shape index (κ1) is 23.5. The molecule has 1 aromatic carbocycles. The molecule has 0 radical (unpaired) electrons. The molecule has 0 amide bonds. The third kappa shape index (κ3) is 6.84. The van der Waals surface area contributed by atoms with E-state index in [-0.39, 0.29) is 32.5 Å². The quantitative estimate of drug-likeness (QED) is 0.403. The second-order valence-electron chi connectivity index (χ2n) is 5.85. The molecule has 0 unspecified atom stereocenters. The predicted octanol–water partition coefficient (Wildman–Crippen LogP) is 2.80. The standard InChI is InChI=1S/C16H26Cl2N6O2S/c1-3-5-7-24(8-6-4-2)27(25,26)14-10-11(17)13(9-12(14)18)22-16(21)23-15(19)20/h9-10H,3-8H2,1-2H3,(H6,19,20,21,22,23). The Kier molecular flexibility index (Phi) is 9.31. The van der Waals surface area contributed by atoms with Crippen molar-refractivity contribution in [2.24, 2.45) is 27.2 Å². The number of benzene rings is 1. The van der Waals surface area contributed by atoms with Gasteiger partial charge >= 0.3 is 0 Å². The molecule has 0 aromatic heterocycles. The largest absolute Gasteiger partial charge is 0.370 e. The minimum Gasteiger partial charge on any atom is -0.370 e. The molecular weight excluding hydrogens is 411 g/mol. The molecule has 1 rings (SSSR count). The van der Waals surface area contributed by atoms with Gasteiger partial charge in [-0.05, 0) is 25.0 Å². The lowest BCUT2D eigenvalue weighted by Gasteiger charge is -2.22. The van der Waals surface area contributed by atoms with Crippen molar-refractivity contribution in [2.75, 3.05) is 13.1 Å². The van der Waals surface area contributed by atoms with E-state index in [1.807, 2.05) is 13.8 Å². The molecule has 0 aliphatic heterocycles. The molecule has 0 spiro atoms. The van der Waals surface area contributed by atoms with Crippen LogP contribution in [0.5, 0.6) is 0 Å². The average molecular weight is 437 g/mol. The number of halogens is 2. The van der Waals surface area contributed by atoms with E-state index in [4.69, 9.17) is 40.4 Å². The number of hydrogen-bond acceptors (Lipinski definition) is 3. The molecule has 0 atom stereocenters. The van der Waals surface area contributed by atoms with Crippen molar-refractivity contribution in [1.82, 2.24) is 4.31 Å². The molecule has 0 aliphatic carbocycles. The zero-order chi connectivity index (χ0) is 20.6. The van der Waals surface area contributed by atoms with Crippen LogP contribution < -0.4 is 17.2 Å². The van der Waals surface area contributed by atoms with Crippen LogP contribution in [0.1, 0.15) is 39.5 Å². The van der Waals surface area contributed by atoms with Gasteiger partial charge in [-0.1, -0.05) is 49.9 Å². The fraction of sp³-hybridized carbons (Fsp3) is 0.500. The molecule has 1 aromatic rings.